The standard InChI is InChI=1S/C13H18Si.C6H10.4C4H10N.Ti/c1-9-10(2)13(14(3)4)12-8-6-5-7-11(9)12;1-5(2)6(3)4;4*1-4(2,3)5;/h5-8,13-14H,1-4H3;1,3H2,2,4H3;4*5H,1-3H3;/q;;4*-1;+4. The van der Waals surface area contributed by atoms with Crippen molar-refractivity contribution in [2.45, 2.75) is 152 Å². The summed E-state index contributed by atoms with van der Waals surface area (Å²) in [5.74, 6) is 0. The van der Waals surface area contributed by atoms with Crippen LogP contribution in [0.15, 0.2) is 54.1 Å². The first-order valence-electron chi connectivity index (χ1n) is 14.3. The summed E-state index contributed by atoms with van der Waals surface area (Å²) in [5.41, 5.74) is 35.9. The molecule has 0 saturated heterocycles. The number of nitrogens with one attached hydrogen (secondary N) is 4. The average molecular weight is 621 g/mol. The van der Waals surface area contributed by atoms with Gasteiger partial charge in [0, 0.05) is 8.80 Å². The first kappa shape index (κ1) is 49.9. The van der Waals surface area contributed by atoms with Crippen LogP contribution in [0.4, 0.5) is 0 Å². The number of hydrogen-bond donors (Lipinski definition) is 0. The first-order valence-corrected chi connectivity index (χ1v) is 17.3. The third-order valence-corrected chi connectivity index (χ3v) is 6.35. The van der Waals surface area contributed by atoms with Crippen LogP contribution >= 0.6 is 0 Å². The van der Waals surface area contributed by atoms with Gasteiger partial charge in [-0.1, -0.05) is 150 Å². The van der Waals surface area contributed by atoms with Gasteiger partial charge in [0.15, 0.2) is 0 Å². The molecule has 4 nitrogen and oxygen atoms in total. The molecule has 0 heterocycles. The molecule has 0 radical (unpaired) electrons. The molecule has 0 spiro atoms. The number of benzene rings is 1. The summed E-state index contributed by atoms with van der Waals surface area (Å²) >= 11 is 0. The van der Waals surface area contributed by atoms with E-state index in [1.54, 1.807) is 11.1 Å². The van der Waals surface area contributed by atoms with E-state index in [1.165, 1.54) is 11.1 Å². The van der Waals surface area contributed by atoms with E-state index in [1.807, 2.05) is 96.9 Å². The van der Waals surface area contributed by atoms with Crippen molar-refractivity contribution in [1.29, 1.82) is 0 Å². The van der Waals surface area contributed by atoms with Crippen molar-refractivity contribution in [2.75, 3.05) is 0 Å². The molecule has 1 atom stereocenters. The van der Waals surface area contributed by atoms with E-state index >= 15 is 0 Å². The summed E-state index contributed by atoms with van der Waals surface area (Å²) in [7, 11) is -0.614. The zero-order chi connectivity index (χ0) is 33.4. The van der Waals surface area contributed by atoms with Crippen molar-refractivity contribution in [2.24, 2.45) is 0 Å². The number of hydrogen-bond acceptors (Lipinski definition) is 0. The third-order valence-electron chi connectivity index (χ3n) is 4.15. The fourth-order valence-electron chi connectivity index (χ4n) is 2.65. The van der Waals surface area contributed by atoms with Crippen molar-refractivity contribution < 1.29 is 21.7 Å². The molecule has 0 aromatic heterocycles. The number of fused-ring (bicyclic) bond motifs is 1. The van der Waals surface area contributed by atoms with Crippen molar-refractivity contribution >= 4 is 14.4 Å². The average Bonchev–Trinajstić information content (AvgIpc) is 2.88. The predicted octanol–water partition coefficient (Wildman–Crippen LogP) is 13.1. The Balaban J connectivity index is -0.000000137. The SMILES string of the molecule is C=C(C)C(=C)C.CC(C)(C)[NH-].CC(C)(C)[NH-].CC(C)(C)[NH-].CC(C)(C)[NH-].CC1=C(C)C([SiH](C)C)c2ccccc21.[Ti+4]. The molecule has 236 valence electrons. The van der Waals surface area contributed by atoms with Gasteiger partial charge in [-0.25, -0.2) is 0 Å². The smallest absolute Gasteiger partial charge is 0.673 e. The van der Waals surface area contributed by atoms with Crippen LogP contribution in [0.5, 0.6) is 0 Å². The minimum atomic E-state index is -0.614. The quantitative estimate of drug-likeness (QED) is 0.232. The van der Waals surface area contributed by atoms with E-state index in [-0.39, 0.29) is 43.9 Å². The summed E-state index contributed by atoms with van der Waals surface area (Å²) in [6, 6.07) is 8.91. The van der Waals surface area contributed by atoms with Crippen LogP contribution in [-0.2, 0) is 21.7 Å². The van der Waals surface area contributed by atoms with E-state index < -0.39 is 8.80 Å². The Bertz CT molecular complexity index is 806. The summed E-state index contributed by atoms with van der Waals surface area (Å²) in [6.07, 6.45) is 0. The van der Waals surface area contributed by atoms with Gasteiger partial charge in [0.1, 0.15) is 0 Å². The van der Waals surface area contributed by atoms with E-state index in [4.69, 9.17) is 22.9 Å². The van der Waals surface area contributed by atoms with Crippen LogP contribution in [0.2, 0.25) is 13.1 Å². The fraction of sp³-hybridized carbons (Fsp3) is 0.657. The predicted molar refractivity (Wildman–Crippen MR) is 192 cm³/mol. The maximum Gasteiger partial charge on any atom is 4.00 e. The Labute approximate surface area is 274 Å². The molecule has 1 aromatic carbocycles. The van der Waals surface area contributed by atoms with E-state index in [0.717, 1.165) is 16.7 Å². The molecule has 0 fully saturated rings. The molecule has 1 aromatic rings. The Kier molecular flexibility index (Phi) is 26.6. The second-order valence-corrected chi connectivity index (χ2v) is 18.3. The molecule has 1 aliphatic carbocycles. The van der Waals surface area contributed by atoms with Crippen molar-refractivity contribution in [3.05, 3.63) is 88.2 Å². The summed E-state index contributed by atoms with van der Waals surface area (Å²) < 4.78 is 0. The molecule has 1 aliphatic rings. The van der Waals surface area contributed by atoms with Crippen LogP contribution in [0, 0.1) is 0 Å². The summed E-state index contributed by atoms with van der Waals surface area (Å²) in [5, 5.41) is 0. The van der Waals surface area contributed by atoms with E-state index in [2.05, 4.69) is 64.4 Å². The van der Waals surface area contributed by atoms with Gasteiger partial charge in [-0.15, -0.1) is 22.2 Å². The van der Waals surface area contributed by atoms with Crippen LogP contribution < -0.4 is 0 Å². The van der Waals surface area contributed by atoms with Crippen LogP contribution in [0.3, 0.4) is 0 Å². The van der Waals surface area contributed by atoms with Gasteiger partial charge in [-0.3, -0.25) is 0 Å². The number of rotatable bonds is 2. The molecule has 0 bridgehead atoms. The first-order chi connectivity index (χ1) is 17.3. The van der Waals surface area contributed by atoms with Gasteiger partial charge in [-0.2, -0.15) is 0 Å². The summed E-state index contributed by atoms with van der Waals surface area (Å²) in [4.78, 5) is 0. The summed E-state index contributed by atoms with van der Waals surface area (Å²) in [6.45, 7) is 42.9. The zero-order valence-corrected chi connectivity index (χ0v) is 33.1. The van der Waals surface area contributed by atoms with Gasteiger partial charge < -0.3 is 22.9 Å². The molecular weight excluding hydrogens is 552 g/mol. The molecule has 0 aliphatic heterocycles. The Morgan fingerprint density at radius 1 is 0.634 bits per heavy atom. The topological polar surface area (TPSA) is 95.2 Å². The van der Waals surface area contributed by atoms with E-state index in [9.17, 15) is 0 Å². The Morgan fingerprint density at radius 3 is 1.10 bits per heavy atom. The fourth-order valence-corrected chi connectivity index (χ4v) is 4.91. The Morgan fingerprint density at radius 2 is 0.878 bits per heavy atom. The van der Waals surface area contributed by atoms with Crippen molar-refractivity contribution in [1.82, 2.24) is 0 Å². The molecule has 2 rings (SSSR count). The van der Waals surface area contributed by atoms with Gasteiger partial charge in [-0.05, 0) is 49.9 Å². The van der Waals surface area contributed by atoms with Crippen LogP contribution in [0.25, 0.3) is 28.5 Å². The Hall–Kier alpha value is -0.789. The molecular formula is C35H68N4SiTi. The zero-order valence-electron chi connectivity index (χ0n) is 30.4. The third kappa shape index (κ3) is 46.4. The van der Waals surface area contributed by atoms with E-state index in [0.29, 0.717) is 0 Å². The normalized spacial score (nSPS) is 14.0. The molecule has 41 heavy (non-hydrogen) atoms. The maximum atomic E-state index is 6.94. The second kappa shape index (κ2) is 21.8. The van der Waals surface area contributed by atoms with Crippen LogP contribution in [0.1, 0.15) is 127 Å². The molecule has 4 N–H and O–H groups in total. The van der Waals surface area contributed by atoms with Gasteiger partial charge in [0.2, 0.25) is 0 Å². The maximum absolute atomic E-state index is 6.94. The molecule has 0 saturated carbocycles. The monoisotopic (exact) mass is 620 g/mol. The molecule has 6 heteroatoms. The second-order valence-electron chi connectivity index (χ2n) is 15.2. The van der Waals surface area contributed by atoms with Gasteiger partial charge in [0.05, 0.1) is 0 Å². The van der Waals surface area contributed by atoms with Crippen LogP contribution in [-0.4, -0.2) is 31.0 Å². The number of allylic oxidation sites excluding steroid dienone is 4. The minimum absolute atomic E-state index is 0. The van der Waals surface area contributed by atoms with Crippen molar-refractivity contribution in [3.63, 3.8) is 0 Å². The largest absolute Gasteiger partial charge is 4.00 e. The molecule has 0 amide bonds. The van der Waals surface area contributed by atoms with Gasteiger partial charge >= 0.3 is 21.7 Å². The molecule has 1 unspecified atom stereocenters. The van der Waals surface area contributed by atoms with Gasteiger partial charge in [0.25, 0.3) is 0 Å². The minimum Gasteiger partial charge on any atom is -0.673 e. The van der Waals surface area contributed by atoms with Crippen molar-refractivity contribution in [3.8, 4) is 0 Å².